The third kappa shape index (κ3) is 1.03. The summed E-state index contributed by atoms with van der Waals surface area (Å²) in [6, 6.07) is 5.96. The van der Waals surface area contributed by atoms with Crippen molar-refractivity contribution in [3.8, 4) is 0 Å². The fourth-order valence-corrected chi connectivity index (χ4v) is 2.19. The van der Waals surface area contributed by atoms with Crippen molar-refractivity contribution in [1.82, 2.24) is 7.96 Å². The molecule has 2 rings (SSSR count). The molecule has 0 aliphatic rings. The molecular formula is C6H3BrN2Se. The minimum atomic E-state index is 0.100. The molecule has 0 aliphatic carbocycles. The molecule has 50 valence electrons. The predicted molar refractivity (Wildman–Crippen MR) is 44.2 cm³/mol. The first-order valence-electron chi connectivity index (χ1n) is 2.74. The van der Waals surface area contributed by atoms with Crippen LogP contribution in [-0.2, 0) is 0 Å². The molecule has 0 amide bonds. The van der Waals surface area contributed by atoms with Gasteiger partial charge in [-0.25, -0.2) is 0 Å². The normalized spacial score (nSPS) is 10.5. The molecule has 0 unspecified atom stereocenters. The van der Waals surface area contributed by atoms with Crippen LogP contribution in [0.1, 0.15) is 0 Å². The van der Waals surface area contributed by atoms with Crippen LogP contribution in [-0.4, -0.2) is 22.9 Å². The first kappa shape index (κ1) is 6.52. The van der Waals surface area contributed by atoms with Crippen molar-refractivity contribution in [2.75, 3.05) is 0 Å². The molecule has 1 heterocycles. The van der Waals surface area contributed by atoms with Gasteiger partial charge in [-0.15, -0.1) is 0 Å². The number of hydrogen-bond donors (Lipinski definition) is 0. The summed E-state index contributed by atoms with van der Waals surface area (Å²) >= 11 is 3.47. The van der Waals surface area contributed by atoms with Crippen molar-refractivity contribution >= 4 is 41.9 Å². The Morgan fingerprint density at radius 3 is 2.90 bits per heavy atom. The number of halogens is 1. The fraction of sp³-hybridized carbons (Fsp3) is 0. The standard InChI is InChI=1S/C6H3BrN2Se/c7-4-1-2-5-6(3-4)9-10-8-5/h1-3H. The van der Waals surface area contributed by atoms with Crippen LogP contribution in [0.15, 0.2) is 22.7 Å². The average molecular weight is 262 g/mol. The third-order valence-electron chi connectivity index (χ3n) is 1.22. The van der Waals surface area contributed by atoms with Gasteiger partial charge < -0.3 is 0 Å². The van der Waals surface area contributed by atoms with Gasteiger partial charge in [0.2, 0.25) is 0 Å². The molecule has 1 aromatic heterocycles. The van der Waals surface area contributed by atoms with Gasteiger partial charge in [-0.3, -0.25) is 0 Å². The average Bonchev–Trinajstić information content (AvgIpc) is 2.33. The van der Waals surface area contributed by atoms with E-state index in [1.807, 2.05) is 18.2 Å². The van der Waals surface area contributed by atoms with E-state index < -0.39 is 0 Å². The van der Waals surface area contributed by atoms with E-state index in [1.165, 1.54) is 0 Å². The van der Waals surface area contributed by atoms with Crippen LogP contribution in [0.4, 0.5) is 0 Å². The van der Waals surface area contributed by atoms with Crippen molar-refractivity contribution in [3.63, 3.8) is 0 Å². The fourth-order valence-electron chi connectivity index (χ4n) is 0.755. The maximum absolute atomic E-state index is 4.23. The summed E-state index contributed by atoms with van der Waals surface area (Å²) in [4.78, 5) is 0. The Morgan fingerprint density at radius 2 is 2.00 bits per heavy atom. The summed E-state index contributed by atoms with van der Waals surface area (Å²) in [6.45, 7) is 0. The van der Waals surface area contributed by atoms with Gasteiger partial charge in [0.15, 0.2) is 0 Å². The quantitative estimate of drug-likeness (QED) is 0.671. The Kier molecular flexibility index (Phi) is 1.60. The Hall–Kier alpha value is -0.181. The number of benzene rings is 1. The van der Waals surface area contributed by atoms with E-state index in [4.69, 9.17) is 0 Å². The van der Waals surface area contributed by atoms with Crippen molar-refractivity contribution < 1.29 is 0 Å². The van der Waals surface area contributed by atoms with Crippen LogP contribution in [0.25, 0.3) is 11.0 Å². The second kappa shape index (κ2) is 2.46. The van der Waals surface area contributed by atoms with Gasteiger partial charge in [-0.05, 0) is 0 Å². The number of hydrogen-bond acceptors (Lipinski definition) is 2. The first-order chi connectivity index (χ1) is 4.86. The Balaban J connectivity index is 2.86. The molecule has 1 aromatic carbocycles. The zero-order valence-electron chi connectivity index (χ0n) is 4.91. The van der Waals surface area contributed by atoms with Gasteiger partial charge in [-0.1, -0.05) is 0 Å². The Bertz CT molecular complexity index is 357. The molecule has 0 atom stereocenters. The van der Waals surface area contributed by atoms with Crippen LogP contribution >= 0.6 is 15.9 Å². The second-order valence-electron chi connectivity index (χ2n) is 1.90. The molecule has 0 radical (unpaired) electrons. The van der Waals surface area contributed by atoms with Crippen molar-refractivity contribution in [2.45, 2.75) is 0 Å². The molecule has 2 aromatic rings. The monoisotopic (exact) mass is 262 g/mol. The Morgan fingerprint density at radius 1 is 1.20 bits per heavy atom. The molecule has 0 spiro atoms. The van der Waals surface area contributed by atoms with E-state index in [0.717, 1.165) is 15.5 Å². The van der Waals surface area contributed by atoms with Crippen LogP contribution < -0.4 is 0 Å². The molecule has 10 heavy (non-hydrogen) atoms. The number of aromatic nitrogens is 2. The molecule has 0 fully saturated rings. The van der Waals surface area contributed by atoms with Crippen LogP contribution in [0, 0.1) is 0 Å². The molecule has 4 heteroatoms. The van der Waals surface area contributed by atoms with E-state index in [2.05, 4.69) is 23.9 Å². The van der Waals surface area contributed by atoms with Crippen molar-refractivity contribution in [2.24, 2.45) is 0 Å². The van der Waals surface area contributed by atoms with Crippen LogP contribution in [0.5, 0.6) is 0 Å². The van der Waals surface area contributed by atoms with Gasteiger partial charge in [0.25, 0.3) is 0 Å². The number of fused-ring (bicyclic) bond motifs is 1. The van der Waals surface area contributed by atoms with Gasteiger partial charge in [0.1, 0.15) is 0 Å². The SMILES string of the molecule is Brc1ccc2n[se]nc2c1. The zero-order valence-corrected chi connectivity index (χ0v) is 8.21. The predicted octanol–water partition coefficient (Wildman–Crippen LogP) is 1.45. The second-order valence-corrected chi connectivity index (χ2v) is 3.92. The van der Waals surface area contributed by atoms with E-state index in [-0.39, 0.29) is 15.0 Å². The molecule has 0 saturated carbocycles. The topological polar surface area (TPSA) is 25.8 Å². The maximum atomic E-state index is 4.23. The van der Waals surface area contributed by atoms with E-state index in [1.54, 1.807) is 0 Å². The summed E-state index contributed by atoms with van der Waals surface area (Å²) in [7, 11) is 0. The van der Waals surface area contributed by atoms with Crippen molar-refractivity contribution in [3.05, 3.63) is 22.7 Å². The molecule has 0 bridgehead atoms. The summed E-state index contributed by atoms with van der Waals surface area (Å²) < 4.78 is 9.51. The molecule has 0 aliphatic heterocycles. The summed E-state index contributed by atoms with van der Waals surface area (Å²) in [5.41, 5.74) is 2.05. The minimum absolute atomic E-state index is 0.100. The number of rotatable bonds is 0. The Labute approximate surface area is 72.6 Å². The molecule has 0 N–H and O–H groups in total. The van der Waals surface area contributed by atoms with Gasteiger partial charge in [0.05, 0.1) is 0 Å². The molecule has 2 nitrogen and oxygen atoms in total. The third-order valence-corrected chi connectivity index (χ3v) is 2.88. The molecular weight excluding hydrogens is 259 g/mol. The van der Waals surface area contributed by atoms with E-state index >= 15 is 0 Å². The summed E-state index contributed by atoms with van der Waals surface area (Å²) in [5.74, 6) is 0. The van der Waals surface area contributed by atoms with Crippen molar-refractivity contribution in [1.29, 1.82) is 0 Å². The van der Waals surface area contributed by atoms with Crippen LogP contribution in [0.3, 0.4) is 0 Å². The summed E-state index contributed by atoms with van der Waals surface area (Å²) in [6.07, 6.45) is 0. The molecule has 0 saturated heterocycles. The number of nitrogens with zero attached hydrogens (tertiary/aromatic N) is 2. The van der Waals surface area contributed by atoms with Gasteiger partial charge >= 0.3 is 72.6 Å². The zero-order chi connectivity index (χ0) is 6.97. The van der Waals surface area contributed by atoms with Crippen LogP contribution in [0.2, 0.25) is 0 Å². The van der Waals surface area contributed by atoms with E-state index in [9.17, 15) is 0 Å². The van der Waals surface area contributed by atoms with Gasteiger partial charge in [-0.2, -0.15) is 0 Å². The van der Waals surface area contributed by atoms with Gasteiger partial charge in [0, 0.05) is 0 Å². The summed E-state index contributed by atoms with van der Waals surface area (Å²) in [5, 5.41) is 0. The van der Waals surface area contributed by atoms with E-state index in [0.29, 0.717) is 0 Å². The first-order valence-corrected chi connectivity index (χ1v) is 5.06.